The van der Waals surface area contributed by atoms with Crippen LogP contribution in [0.2, 0.25) is 0 Å². The minimum atomic E-state index is -3.37. The molecule has 0 spiro atoms. The number of nitrogens with zero attached hydrogens (tertiary/aromatic N) is 3. The highest BCUT2D eigenvalue weighted by molar-refractivity contribution is 7.91. The lowest BCUT2D eigenvalue weighted by molar-refractivity contribution is 0.0394. The fraction of sp³-hybridized carbons (Fsp3) is 0.737. The van der Waals surface area contributed by atoms with E-state index in [-0.39, 0.29) is 0 Å². The summed E-state index contributed by atoms with van der Waals surface area (Å²) < 4.78 is 32.5. The third kappa shape index (κ3) is 7.53. The molecule has 1 aromatic rings. The second kappa shape index (κ2) is 12.5. The van der Waals surface area contributed by atoms with Gasteiger partial charge in [0.25, 0.3) is 10.0 Å². The zero-order valence-electron chi connectivity index (χ0n) is 17.8. The monoisotopic (exact) mass is 445 g/mol. The van der Waals surface area contributed by atoms with Gasteiger partial charge in [0, 0.05) is 50.7 Å². The maximum atomic E-state index is 12.6. The molecular formula is C19H35N5O3S2. The Balaban J connectivity index is 1.83. The van der Waals surface area contributed by atoms with Crippen LogP contribution >= 0.6 is 11.3 Å². The van der Waals surface area contributed by atoms with Crippen LogP contribution in [0, 0.1) is 0 Å². The Bertz CT molecular complexity index is 726. The third-order valence-electron chi connectivity index (χ3n) is 4.73. The molecule has 0 radical (unpaired) electrons. The Morgan fingerprint density at radius 2 is 1.93 bits per heavy atom. The maximum absolute atomic E-state index is 12.6. The first-order valence-corrected chi connectivity index (χ1v) is 12.7. The first-order valence-electron chi connectivity index (χ1n) is 10.4. The highest BCUT2D eigenvalue weighted by Gasteiger charge is 2.23. The molecule has 0 bridgehead atoms. The van der Waals surface area contributed by atoms with Crippen LogP contribution in [0.4, 0.5) is 0 Å². The van der Waals surface area contributed by atoms with Gasteiger partial charge in [-0.1, -0.05) is 13.8 Å². The maximum Gasteiger partial charge on any atom is 0.252 e. The summed E-state index contributed by atoms with van der Waals surface area (Å²) in [5.74, 6) is 0.799. The average Bonchev–Trinajstić information content (AvgIpc) is 3.19. The molecule has 0 aromatic carbocycles. The van der Waals surface area contributed by atoms with Gasteiger partial charge in [0.05, 0.1) is 19.8 Å². The summed E-state index contributed by atoms with van der Waals surface area (Å²) in [7, 11) is -3.37. The summed E-state index contributed by atoms with van der Waals surface area (Å²) in [5.41, 5.74) is 0. The lowest BCUT2D eigenvalue weighted by Crippen LogP contribution is -2.40. The van der Waals surface area contributed by atoms with Crippen molar-refractivity contribution in [1.29, 1.82) is 0 Å². The molecule has 0 unspecified atom stereocenters. The van der Waals surface area contributed by atoms with Crippen molar-refractivity contribution in [1.82, 2.24) is 19.8 Å². The second-order valence-corrected chi connectivity index (χ2v) is 10.0. The van der Waals surface area contributed by atoms with Crippen molar-refractivity contribution in [3.8, 4) is 0 Å². The number of hydrogen-bond acceptors (Lipinski definition) is 6. The second-order valence-electron chi connectivity index (χ2n) is 6.70. The van der Waals surface area contributed by atoms with Crippen molar-refractivity contribution in [2.45, 2.75) is 31.4 Å². The van der Waals surface area contributed by atoms with Gasteiger partial charge in [-0.15, -0.1) is 11.3 Å². The van der Waals surface area contributed by atoms with Crippen LogP contribution in [0.5, 0.6) is 0 Å². The Hall–Kier alpha value is -1.20. The number of guanidine groups is 1. The molecule has 10 heteroatoms. The zero-order chi connectivity index (χ0) is 21.1. The molecule has 2 heterocycles. The van der Waals surface area contributed by atoms with E-state index in [0.29, 0.717) is 23.8 Å². The molecule has 166 valence electrons. The van der Waals surface area contributed by atoms with E-state index >= 15 is 0 Å². The minimum Gasteiger partial charge on any atom is -0.379 e. The Kier molecular flexibility index (Phi) is 10.4. The van der Waals surface area contributed by atoms with Crippen LogP contribution in [0.25, 0.3) is 0 Å². The van der Waals surface area contributed by atoms with Gasteiger partial charge in [0.15, 0.2) is 5.96 Å². The Labute approximate surface area is 179 Å². The van der Waals surface area contributed by atoms with Crippen molar-refractivity contribution in [3.63, 3.8) is 0 Å². The lowest BCUT2D eigenvalue weighted by Gasteiger charge is -2.25. The van der Waals surface area contributed by atoms with Gasteiger partial charge in [0.2, 0.25) is 0 Å². The zero-order valence-corrected chi connectivity index (χ0v) is 19.4. The smallest absolute Gasteiger partial charge is 0.252 e. The van der Waals surface area contributed by atoms with E-state index in [9.17, 15) is 8.42 Å². The molecule has 2 rings (SSSR count). The fourth-order valence-corrected chi connectivity index (χ4v) is 6.06. The van der Waals surface area contributed by atoms with Gasteiger partial charge in [-0.2, -0.15) is 4.31 Å². The number of ether oxygens (including phenoxy) is 1. The molecule has 0 aliphatic carbocycles. The SMILES string of the molecule is CCNC(=NCCN1CCOCC1)NCCc1ccc(S(=O)(=O)N(CC)CC)s1. The van der Waals surface area contributed by atoms with Gasteiger partial charge in [-0.3, -0.25) is 9.89 Å². The first-order chi connectivity index (χ1) is 14.0. The Morgan fingerprint density at radius 3 is 2.59 bits per heavy atom. The first kappa shape index (κ1) is 24.1. The van der Waals surface area contributed by atoms with Crippen molar-refractivity contribution in [3.05, 3.63) is 17.0 Å². The van der Waals surface area contributed by atoms with E-state index in [1.165, 1.54) is 15.6 Å². The van der Waals surface area contributed by atoms with Gasteiger partial charge < -0.3 is 15.4 Å². The van der Waals surface area contributed by atoms with E-state index in [0.717, 1.165) is 63.2 Å². The molecule has 1 aromatic heterocycles. The molecule has 1 saturated heterocycles. The summed E-state index contributed by atoms with van der Waals surface area (Å²) in [5, 5.41) is 6.61. The third-order valence-corrected chi connectivity index (χ3v) is 8.40. The van der Waals surface area contributed by atoms with Crippen LogP contribution in [-0.4, -0.2) is 89.2 Å². The normalized spacial score (nSPS) is 16.3. The van der Waals surface area contributed by atoms with Crippen molar-refractivity contribution < 1.29 is 13.2 Å². The molecule has 2 N–H and O–H groups in total. The number of nitrogens with one attached hydrogen (secondary N) is 2. The molecule has 29 heavy (non-hydrogen) atoms. The van der Waals surface area contributed by atoms with Crippen LogP contribution in [0.3, 0.4) is 0 Å². The van der Waals surface area contributed by atoms with Gasteiger partial charge in [-0.25, -0.2) is 8.42 Å². The number of hydrogen-bond donors (Lipinski definition) is 2. The minimum absolute atomic E-state index is 0.419. The topological polar surface area (TPSA) is 86.3 Å². The molecule has 0 atom stereocenters. The van der Waals surface area contributed by atoms with E-state index in [1.54, 1.807) is 6.07 Å². The summed E-state index contributed by atoms with van der Waals surface area (Å²) in [6, 6.07) is 3.63. The lowest BCUT2D eigenvalue weighted by atomic mass is 10.3. The van der Waals surface area contributed by atoms with Crippen molar-refractivity contribution >= 4 is 27.3 Å². The standard InChI is InChI=1S/C19H35N5O3S2/c1-4-20-19(22-11-12-23-13-15-27-16-14-23)21-10-9-17-7-8-18(28-17)29(25,26)24(5-2)6-3/h7-8H,4-6,9-16H2,1-3H3,(H2,20,21,22). The molecule has 0 amide bonds. The van der Waals surface area contributed by atoms with Crippen molar-refractivity contribution in [2.24, 2.45) is 4.99 Å². The Morgan fingerprint density at radius 1 is 1.21 bits per heavy atom. The van der Waals surface area contributed by atoms with Crippen molar-refractivity contribution in [2.75, 3.05) is 65.6 Å². The van der Waals surface area contributed by atoms with E-state index in [2.05, 4.69) is 20.5 Å². The van der Waals surface area contributed by atoms with E-state index < -0.39 is 10.0 Å². The van der Waals surface area contributed by atoms with Gasteiger partial charge in [0.1, 0.15) is 4.21 Å². The number of sulfonamides is 1. The van der Waals surface area contributed by atoms with E-state index in [1.807, 2.05) is 26.8 Å². The highest BCUT2D eigenvalue weighted by atomic mass is 32.2. The summed E-state index contributed by atoms with van der Waals surface area (Å²) in [4.78, 5) is 8.05. The van der Waals surface area contributed by atoms with Gasteiger partial charge >= 0.3 is 0 Å². The van der Waals surface area contributed by atoms with E-state index in [4.69, 9.17) is 4.74 Å². The quantitative estimate of drug-likeness (QED) is 0.393. The predicted octanol–water partition coefficient (Wildman–Crippen LogP) is 1.21. The van der Waals surface area contributed by atoms with Crippen LogP contribution < -0.4 is 10.6 Å². The number of rotatable bonds is 11. The van der Waals surface area contributed by atoms with Crippen LogP contribution in [0.15, 0.2) is 21.3 Å². The number of aliphatic imine (C=N–C) groups is 1. The van der Waals surface area contributed by atoms with Crippen LogP contribution in [-0.2, 0) is 21.2 Å². The fourth-order valence-electron chi connectivity index (χ4n) is 3.10. The molecule has 0 saturated carbocycles. The van der Waals surface area contributed by atoms with Gasteiger partial charge in [-0.05, 0) is 25.5 Å². The number of morpholine rings is 1. The molecule has 1 aliphatic rings. The average molecular weight is 446 g/mol. The number of thiophene rings is 1. The molecular weight excluding hydrogens is 410 g/mol. The highest BCUT2D eigenvalue weighted by Crippen LogP contribution is 2.25. The summed E-state index contributed by atoms with van der Waals surface area (Å²) in [6.07, 6.45) is 0.756. The molecule has 8 nitrogen and oxygen atoms in total. The molecule has 1 fully saturated rings. The largest absolute Gasteiger partial charge is 0.379 e. The predicted molar refractivity (Wildman–Crippen MR) is 119 cm³/mol. The summed E-state index contributed by atoms with van der Waals surface area (Å²) >= 11 is 1.35. The molecule has 1 aliphatic heterocycles. The van der Waals surface area contributed by atoms with Crippen LogP contribution in [0.1, 0.15) is 25.6 Å². The summed E-state index contributed by atoms with van der Waals surface area (Å²) in [6.45, 7) is 13.4.